The summed E-state index contributed by atoms with van der Waals surface area (Å²) in [4.78, 5) is 20.1. The molecule has 0 bridgehead atoms. The lowest BCUT2D eigenvalue weighted by Gasteiger charge is -2.24. The molecule has 0 saturated carbocycles. The lowest BCUT2D eigenvalue weighted by Crippen LogP contribution is -2.37. The Hall–Kier alpha value is -3.12. The molecule has 0 aliphatic carbocycles. The van der Waals surface area contributed by atoms with E-state index in [1.165, 1.54) is 18.4 Å². The normalized spacial score (nSPS) is 15.7. The Morgan fingerprint density at radius 3 is 2.79 bits per heavy atom. The molecule has 1 aliphatic rings. The quantitative estimate of drug-likeness (QED) is 0.578. The van der Waals surface area contributed by atoms with Crippen LogP contribution in [0.2, 0.25) is 5.02 Å². The highest BCUT2D eigenvalue weighted by atomic mass is 35.5. The number of furan rings is 1. The molecular weight excluding hydrogens is 395 g/mol. The summed E-state index contributed by atoms with van der Waals surface area (Å²) in [5, 5.41) is 4.69. The van der Waals surface area contributed by atoms with Crippen LogP contribution in [0.3, 0.4) is 0 Å². The Bertz CT molecular complexity index is 1040. The standard InChI is InChI=1S/C22H18ClFN2O3/c23-17-6-1-4-15(10-17)13-26(22(27)21-8-3-9-28-21)14-19-12-20(25-29-19)16-5-2-7-18(24)11-16/h1-11,19H,12-14H2/t19-/m0/s1. The number of benzene rings is 2. The van der Waals surface area contributed by atoms with Gasteiger partial charge in [-0.3, -0.25) is 4.79 Å². The molecule has 7 heteroatoms. The molecule has 29 heavy (non-hydrogen) atoms. The van der Waals surface area contributed by atoms with Crippen molar-refractivity contribution < 1.29 is 18.4 Å². The highest BCUT2D eigenvalue weighted by molar-refractivity contribution is 6.30. The number of carbonyl (C=O) groups excluding carboxylic acids is 1. The van der Waals surface area contributed by atoms with Gasteiger partial charge in [0.1, 0.15) is 5.82 Å². The van der Waals surface area contributed by atoms with Crippen LogP contribution in [0.25, 0.3) is 0 Å². The summed E-state index contributed by atoms with van der Waals surface area (Å²) in [6.45, 7) is 0.642. The molecule has 0 unspecified atom stereocenters. The molecule has 4 rings (SSSR count). The summed E-state index contributed by atoms with van der Waals surface area (Å²) in [6.07, 6.45) is 1.59. The van der Waals surface area contributed by atoms with Crippen LogP contribution in [0.15, 0.2) is 76.5 Å². The van der Waals surface area contributed by atoms with Gasteiger partial charge in [-0.2, -0.15) is 0 Å². The van der Waals surface area contributed by atoms with Gasteiger partial charge in [0.25, 0.3) is 5.91 Å². The number of oxime groups is 1. The first-order chi connectivity index (χ1) is 14.1. The van der Waals surface area contributed by atoms with Crippen LogP contribution >= 0.6 is 11.6 Å². The van der Waals surface area contributed by atoms with Crippen molar-refractivity contribution in [1.82, 2.24) is 4.90 Å². The Labute approximate surface area is 172 Å². The van der Waals surface area contributed by atoms with Gasteiger partial charge in [0.05, 0.1) is 18.5 Å². The molecule has 0 fully saturated rings. The highest BCUT2D eigenvalue weighted by Crippen LogP contribution is 2.21. The van der Waals surface area contributed by atoms with Gasteiger partial charge >= 0.3 is 0 Å². The minimum Gasteiger partial charge on any atom is -0.459 e. The maximum Gasteiger partial charge on any atom is 0.289 e. The SMILES string of the molecule is O=C(c1ccco1)N(Cc1cccc(Cl)c1)C[C@@H]1CC(c2cccc(F)c2)=NO1. The van der Waals surface area contributed by atoms with Gasteiger partial charge in [-0.15, -0.1) is 0 Å². The fourth-order valence-corrected chi connectivity index (χ4v) is 3.45. The van der Waals surface area contributed by atoms with Crippen LogP contribution < -0.4 is 0 Å². The molecule has 1 aliphatic heterocycles. The summed E-state index contributed by atoms with van der Waals surface area (Å²) >= 11 is 6.08. The monoisotopic (exact) mass is 412 g/mol. The van der Waals surface area contributed by atoms with Crippen molar-refractivity contribution in [2.24, 2.45) is 5.16 Å². The first-order valence-corrected chi connectivity index (χ1v) is 9.52. The van der Waals surface area contributed by atoms with Crippen molar-refractivity contribution in [2.45, 2.75) is 19.1 Å². The smallest absolute Gasteiger partial charge is 0.289 e. The van der Waals surface area contributed by atoms with Crippen LogP contribution in [-0.4, -0.2) is 29.2 Å². The number of hydrogen-bond donors (Lipinski definition) is 0. The minimum absolute atomic E-state index is 0.247. The van der Waals surface area contributed by atoms with E-state index in [1.54, 1.807) is 35.2 Å². The van der Waals surface area contributed by atoms with Crippen LogP contribution in [0.1, 0.15) is 28.1 Å². The van der Waals surface area contributed by atoms with E-state index in [-0.39, 0.29) is 23.6 Å². The van der Waals surface area contributed by atoms with Crippen molar-refractivity contribution >= 4 is 23.2 Å². The van der Waals surface area contributed by atoms with E-state index in [4.69, 9.17) is 20.9 Å². The average molecular weight is 413 g/mol. The third-order valence-corrected chi connectivity index (χ3v) is 4.83. The third kappa shape index (κ3) is 4.66. The molecule has 0 N–H and O–H groups in total. The fourth-order valence-electron chi connectivity index (χ4n) is 3.24. The van der Waals surface area contributed by atoms with Crippen molar-refractivity contribution in [3.63, 3.8) is 0 Å². The topological polar surface area (TPSA) is 55.0 Å². The zero-order valence-electron chi connectivity index (χ0n) is 15.4. The fraction of sp³-hybridized carbons (Fsp3) is 0.182. The van der Waals surface area contributed by atoms with Crippen LogP contribution in [0.5, 0.6) is 0 Å². The molecular formula is C22H18ClFN2O3. The van der Waals surface area contributed by atoms with Crippen molar-refractivity contribution in [3.8, 4) is 0 Å². The number of rotatable bonds is 6. The number of halogens is 2. The van der Waals surface area contributed by atoms with Crippen molar-refractivity contribution in [2.75, 3.05) is 6.54 Å². The molecule has 2 aromatic carbocycles. The summed E-state index contributed by atoms with van der Waals surface area (Å²) in [5.74, 6) is -0.335. The number of carbonyl (C=O) groups is 1. The summed E-state index contributed by atoms with van der Waals surface area (Å²) < 4.78 is 18.8. The maximum atomic E-state index is 13.5. The van der Waals surface area contributed by atoms with Crippen LogP contribution in [0, 0.1) is 5.82 Å². The second-order valence-corrected chi connectivity index (χ2v) is 7.21. The van der Waals surface area contributed by atoms with Crippen LogP contribution in [0.4, 0.5) is 4.39 Å². The second-order valence-electron chi connectivity index (χ2n) is 6.77. The predicted molar refractivity (Wildman–Crippen MR) is 107 cm³/mol. The summed E-state index contributed by atoms with van der Waals surface area (Å²) in [6, 6.07) is 16.8. The van der Waals surface area contributed by atoms with E-state index in [0.717, 1.165) is 5.56 Å². The van der Waals surface area contributed by atoms with Gasteiger partial charge in [-0.1, -0.05) is 41.0 Å². The molecule has 148 valence electrons. The summed E-state index contributed by atoms with van der Waals surface area (Å²) in [7, 11) is 0. The van der Waals surface area contributed by atoms with E-state index < -0.39 is 0 Å². The molecule has 5 nitrogen and oxygen atoms in total. The van der Waals surface area contributed by atoms with Gasteiger partial charge in [0.15, 0.2) is 11.9 Å². The molecule has 0 radical (unpaired) electrons. The van der Waals surface area contributed by atoms with Gasteiger partial charge in [0, 0.05) is 23.6 Å². The molecule has 0 saturated heterocycles. The predicted octanol–water partition coefficient (Wildman–Crippen LogP) is 4.91. The Morgan fingerprint density at radius 1 is 1.17 bits per heavy atom. The number of amides is 1. The Kier molecular flexibility index (Phi) is 5.62. The van der Waals surface area contributed by atoms with Gasteiger partial charge < -0.3 is 14.2 Å². The zero-order chi connectivity index (χ0) is 20.2. The highest BCUT2D eigenvalue weighted by Gasteiger charge is 2.28. The summed E-state index contributed by atoms with van der Waals surface area (Å²) in [5.41, 5.74) is 2.22. The average Bonchev–Trinajstić information content (AvgIpc) is 3.39. The molecule has 1 aromatic heterocycles. The largest absolute Gasteiger partial charge is 0.459 e. The first-order valence-electron chi connectivity index (χ1n) is 9.14. The van der Waals surface area contributed by atoms with E-state index >= 15 is 0 Å². The lowest BCUT2D eigenvalue weighted by atomic mass is 10.0. The van der Waals surface area contributed by atoms with Crippen molar-refractivity contribution in [3.05, 3.63) is 94.7 Å². The molecule has 1 amide bonds. The first kappa shape index (κ1) is 19.2. The zero-order valence-corrected chi connectivity index (χ0v) is 16.2. The molecule has 1 atom stereocenters. The van der Waals surface area contributed by atoms with E-state index in [9.17, 15) is 9.18 Å². The molecule has 0 spiro atoms. The molecule has 2 heterocycles. The van der Waals surface area contributed by atoms with Gasteiger partial charge in [0.2, 0.25) is 0 Å². The Morgan fingerprint density at radius 2 is 2.03 bits per heavy atom. The lowest BCUT2D eigenvalue weighted by molar-refractivity contribution is 0.0387. The molecule has 3 aromatic rings. The number of hydrogen-bond acceptors (Lipinski definition) is 4. The van der Waals surface area contributed by atoms with Crippen molar-refractivity contribution in [1.29, 1.82) is 0 Å². The maximum absolute atomic E-state index is 13.5. The van der Waals surface area contributed by atoms with Crippen LogP contribution in [-0.2, 0) is 11.4 Å². The van der Waals surface area contributed by atoms with Gasteiger partial charge in [-0.25, -0.2) is 4.39 Å². The van der Waals surface area contributed by atoms with Gasteiger partial charge in [-0.05, 0) is 42.0 Å². The van der Waals surface area contributed by atoms with E-state index in [2.05, 4.69) is 5.16 Å². The Balaban J connectivity index is 1.49. The second kappa shape index (κ2) is 8.49. The minimum atomic E-state index is -0.341. The van der Waals surface area contributed by atoms with E-state index in [0.29, 0.717) is 35.8 Å². The number of nitrogens with zero attached hydrogens (tertiary/aromatic N) is 2. The van der Waals surface area contributed by atoms with E-state index in [1.807, 2.05) is 18.2 Å². The third-order valence-electron chi connectivity index (χ3n) is 4.60.